The van der Waals surface area contributed by atoms with Crippen LogP contribution in [0.3, 0.4) is 0 Å². The Bertz CT molecular complexity index is 749. The number of ether oxygens (including phenoxy) is 1. The van der Waals surface area contributed by atoms with E-state index in [-0.39, 0.29) is 23.7 Å². The summed E-state index contributed by atoms with van der Waals surface area (Å²) in [7, 11) is 0. The van der Waals surface area contributed by atoms with E-state index in [1.54, 1.807) is 11.3 Å². The van der Waals surface area contributed by atoms with E-state index in [4.69, 9.17) is 4.74 Å². The molecule has 1 aromatic carbocycles. The quantitative estimate of drug-likeness (QED) is 0.844. The second-order valence-electron chi connectivity index (χ2n) is 7.73. The number of aryl methyl sites for hydroxylation is 1. The second kappa shape index (κ2) is 7.86. The topological polar surface area (TPSA) is 63.2 Å². The maximum absolute atomic E-state index is 12.4. The zero-order chi connectivity index (χ0) is 18.7. The van der Waals surface area contributed by atoms with Crippen molar-refractivity contribution in [2.24, 2.45) is 0 Å². The van der Waals surface area contributed by atoms with Gasteiger partial charge in [0.25, 0.3) is 0 Å². The summed E-state index contributed by atoms with van der Waals surface area (Å²) in [4.78, 5) is 17.9. The summed E-state index contributed by atoms with van der Waals surface area (Å²) in [6.45, 7) is 9.39. The van der Waals surface area contributed by atoms with Gasteiger partial charge in [-0.2, -0.15) is 0 Å². The number of hydrogen-bond donors (Lipinski definition) is 2. The molecule has 2 heterocycles. The molecule has 140 valence electrons. The minimum Gasteiger partial charge on any atom is -0.371 e. The molecule has 1 saturated heterocycles. The molecule has 5 nitrogen and oxygen atoms in total. The lowest BCUT2D eigenvalue weighted by Gasteiger charge is -2.24. The van der Waals surface area contributed by atoms with Crippen LogP contribution in [0.4, 0.5) is 0 Å². The third-order valence-corrected chi connectivity index (χ3v) is 5.33. The summed E-state index contributed by atoms with van der Waals surface area (Å²) in [6.07, 6.45) is 0.805. The summed E-state index contributed by atoms with van der Waals surface area (Å²) in [5.41, 5.74) is 4.99. The number of benzene rings is 1. The van der Waals surface area contributed by atoms with Crippen LogP contribution >= 0.6 is 11.3 Å². The van der Waals surface area contributed by atoms with Crippen molar-refractivity contribution in [1.29, 1.82) is 0 Å². The van der Waals surface area contributed by atoms with Crippen molar-refractivity contribution in [3.63, 3.8) is 0 Å². The summed E-state index contributed by atoms with van der Waals surface area (Å²) < 4.78 is 5.95. The maximum atomic E-state index is 12.4. The number of amides is 1. The Kier molecular flexibility index (Phi) is 5.75. The predicted molar refractivity (Wildman–Crippen MR) is 105 cm³/mol. The van der Waals surface area contributed by atoms with Gasteiger partial charge in [-0.25, -0.2) is 4.98 Å². The SMILES string of the molecule is Cc1ncsc1-c1ccc(CNC(=O)[C@@H]2C[C@@H](OC(C)(C)C)CN2)cc1. The minimum atomic E-state index is -0.185. The smallest absolute Gasteiger partial charge is 0.237 e. The number of nitrogens with one attached hydrogen (secondary N) is 2. The first-order chi connectivity index (χ1) is 12.3. The molecule has 0 aliphatic carbocycles. The molecule has 1 aliphatic heterocycles. The Morgan fingerprint density at radius 2 is 2.08 bits per heavy atom. The van der Waals surface area contributed by atoms with Crippen LogP contribution in [0, 0.1) is 6.92 Å². The van der Waals surface area contributed by atoms with Crippen molar-refractivity contribution >= 4 is 17.2 Å². The van der Waals surface area contributed by atoms with Crippen molar-refractivity contribution in [2.75, 3.05) is 6.54 Å². The number of nitrogens with zero attached hydrogens (tertiary/aromatic N) is 1. The highest BCUT2D eigenvalue weighted by molar-refractivity contribution is 7.13. The van der Waals surface area contributed by atoms with Gasteiger partial charge in [-0.3, -0.25) is 4.79 Å². The Hall–Kier alpha value is -1.76. The van der Waals surface area contributed by atoms with Crippen molar-refractivity contribution < 1.29 is 9.53 Å². The summed E-state index contributed by atoms with van der Waals surface area (Å²) in [5.74, 6) is 0.0346. The lowest BCUT2D eigenvalue weighted by molar-refractivity contribution is -0.123. The third kappa shape index (κ3) is 4.90. The molecule has 0 radical (unpaired) electrons. The Balaban J connectivity index is 1.50. The fraction of sp³-hybridized carbons (Fsp3) is 0.500. The highest BCUT2D eigenvalue weighted by atomic mass is 32.1. The lowest BCUT2D eigenvalue weighted by Crippen LogP contribution is -2.40. The van der Waals surface area contributed by atoms with E-state index in [9.17, 15) is 4.79 Å². The summed E-state index contributed by atoms with van der Waals surface area (Å²) >= 11 is 1.65. The van der Waals surface area contributed by atoms with Crippen LogP contribution in [0.1, 0.15) is 38.4 Å². The first-order valence-corrected chi connectivity index (χ1v) is 9.88. The number of aromatic nitrogens is 1. The van der Waals surface area contributed by atoms with Crippen molar-refractivity contribution in [3.05, 3.63) is 41.0 Å². The van der Waals surface area contributed by atoms with Gasteiger partial charge < -0.3 is 15.4 Å². The van der Waals surface area contributed by atoms with Crippen molar-refractivity contribution in [2.45, 2.75) is 58.4 Å². The number of rotatable bonds is 5. The Morgan fingerprint density at radius 3 is 2.69 bits per heavy atom. The van der Waals surface area contributed by atoms with Gasteiger partial charge in [-0.1, -0.05) is 24.3 Å². The van der Waals surface area contributed by atoms with Crippen LogP contribution in [-0.4, -0.2) is 35.2 Å². The van der Waals surface area contributed by atoms with E-state index in [2.05, 4.69) is 39.9 Å². The largest absolute Gasteiger partial charge is 0.371 e. The van der Waals surface area contributed by atoms with Gasteiger partial charge in [0.2, 0.25) is 5.91 Å². The van der Waals surface area contributed by atoms with E-state index in [0.29, 0.717) is 13.0 Å². The third-order valence-electron chi connectivity index (χ3n) is 4.36. The molecule has 3 rings (SSSR count). The maximum Gasteiger partial charge on any atom is 0.237 e. The van der Waals surface area contributed by atoms with E-state index >= 15 is 0 Å². The molecule has 0 unspecified atom stereocenters. The molecular formula is C20H27N3O2S. The molecule has 26 heavy (non-hydrogen) atoms. The van der Waals surface area contributed by atoms with E-state index in [1.165, 1.54) is 10.4 Å². The summed E-state index contributed by atoms with van der Waals surface area (Å²) in [5, 5.41) is 6.28. The second-order valence-corrected chi connectivity index (χ2v) is 8.59. The number of hydrogen-bond acceptors (Lipinski definition) is 5. The Morgan fingerprint density at radius 1 is 1.35 bits per heavy atom. The van der Waals surface area contributed by atoms with E-state index in [1.807, 2.05) is 33.2 Å². The summed E-state index contributed by atoms with van der Waals surface area (Å²) in [6, 6.07) is 8.11. The molecule has 1 aromatic heterocycles. The van der Waals surface area contributed by atoms with Gasteiger partial charge in [-0.15, -0.1) is 11.3 Å². The molecule has 1 amide bonds. The molecular weight excluding hydrogens is 346 g/mol. The predicted octanol–water partition coefficient (Wildman–Crippen LogP) is 3.28. The molecule has 2 atom stereocenters. The van der Waals surface area contributed by atoms with Crippen LogP contribution in [0.15, 0.2) is 29.8 Å². The van der Waals surface area contributed by atoms with Crippen LogP contribution in [0.25, 0.3) is 10.4 Å². The highest BCUT2D eigenvalue weighted by Crippen LogP contribution is 2.27. The molecule has 0 bridgehead atoms. The standard InChI is InChI=1S/C20H27N3O2S/c1-13-18(26-12-23-13)15-7-5-14(6-8-15)10-22-19(24)17-9-16(11-21-17)25-20(2,3)4/h5-8,12,16-17,21H,9-11H2,1-4H3,(H,22,24)/t16-,17+/m1/s1. The van der Waals surface area contributed by atoms with Gasteiger partial charge in [0.1, 0.15) is 0 Å². The average molecular weight is 374 g/mol. The van der Waals surface area contributed by atoms with Crippen LogP contribution in [-0.2, 0) is 16.1 Å². The Labute approximate surface area is 159 Å². The van der Waals surface area contributed by atoms with Crippen molar-refractivity contribution in [1.82, 2.24) is 15.6 Å². The lowest BCUT2D eigenvalue weighted by atomic mass is 10.1. The molecule has 2 aromatic rings. The van der Waals surface area contributed by atoms with E-state index < -0.39 is 0 Å². The minimum absolute atomic E-state index is 0.0346. The van der Waals surface area contributed by atoms with Crippen LogP contribution < -0.4 is 10.6 Å². The fourth-order valence-electron chi connectivity index (χ4n) is 3.16. The molecule has 1 fully saturated rings. The van der Waals surface area contributed by atoms with Crippen LogP contribution in [0.5, 0.6) is 0 Å². The number of carbonyl (C=O) groups excluding carboxylic acids is 1. The first-order valence-electron chi connectivity index (χ1n) is 9.00. The van der Waals surface area contributed by atoms with Gasteiger partial charge in [0.15, 0.2) is 0 Å². The average Bonchev–Trinajstić information content (AvgIpc) is 3.21. The van der Waals surface area contributed by atoms with Gasteiger partial charge in [-0.05, 0) is 45.2 Å². The molecule has 0 saturated carbocycles. The van der Waals surface area contributed by atoms with Gasteiger partial charge in [0, 0.05) is 13.1 Å². The van der Waals surface area contributed by atoms with E-state index in [0.717, 1.165) is 17.8 Å². The molecule has 6 heteroatoms. The first kappa shape index (κ1) is 19.0. The molecule has 1 aliphatic rings. The highest BCUT2D eigenvalue weighted by Gasteiger charge is 2.32. The number of carbonyl (C=O) groups is 1. The van der Waals surface area contributed by atoms with Gasteiger partial charge >= 0.3 is 0 Å². The molecule has 2 N–H and O–H groups in total. The number of thiazole rings is 1. The van der Waals surface area contributed by atoms with Gasteiger partial charge in [0.05, 0.1) is 33.8 Å². The normalized spacial score (nSPS) is 20.3. The zero-order valence-corrected chi connectivity index (χ0v) is 16.7. The monoisotopic (exact) mass is 373 g/mol. The zero-order valence-electron chi connectivity index (χ0n) is 15.8. The van der Waals surface area contributed by atoms with Crippen LogP contribution in [0.2, 0.25) is 0 Å². The molecule has 0 spiro atoms. The fourth-order valence-corrected chi connectivity index (χ4v) is 3.97. The van der Waals surface area contributed by atoms with Crippen molar-refractivity contribution in [3.8, 4) is 10.4 Å².